The first-order valence-corrected chi connectivity index (χ1v) is 5.87. The van der Waals surface area contributed by atoms with Crippen molar-refractivity contribution in [2.75, 3.05) is 19.8 Å². The Morgan fingerprint density at radius 3 is 2.28 bits per heavy atom. The first-order chi connectivity index (χ1) is 8.38. The predicted molar refractivity (Wildman–Crippen MR) is 56.2 cm³/mol. The molecule has 1 aliphatic carbocycles. The van der Waals surface area contributed by atoms with Crippen LogP contribution in [0.25, 0.3) is 0 Å². The third-order valence-corrected chi connectivity index (χ3v) is 2.87. The molecule has 1 fully saturated rings. The smallest absolute Gasteiger partial charge is 0.411 e. The summed E-state index contributed by atoms with van der Waals surface area (Å²) in [7, 11) is 0. The zero-order chi connectivity index (χ0) is 13.6. The Bertz CT molecular complexity index is 260. The molecule has 0 aromatic heterocycles. The van der Waals surface area contributed by atoms with Crippen LogP contribution in [0, 0.1) is 5.92 Å². The second-order valence-corrected chi connectivity index (χ2v) is 4.35. The molecule has 106 valence electrons. The molecule has 1 aliphatic rings. The number of halogens is 3. The molecular weight excluding hydrogens is 253 g/mol. The highest BCUT2D eigenvalue weighted by molar-refractivity contribution is 5.69. The van der Waals surface area contributed by atoms with Gasteiger partial charge in [0, 0.05) is 0 Å². The van der Waals surface area contributed by atoms with Gasteiger partial charge in [-0.05, 0) is 25.7 Å². The van der Waals surface area contributed by atoms with Gasteiger partial charge in [0.1, 0.15) is 6.61 Å². The van der Waals surface area contributed by atoms with E-state index in [1.807, 2.05) is 0 Å². The molecule has 0 aromatic carbocycles. The van der Waals surface area contributed by atoms with E-state index < -0.39 is 18.8 Å². The summed E-state index contributed by atoms with van der Waals surface area (Å²) < 4.78 is 44.9. The van der Waals surface area contributed by atoms with Gasteiger partial charge in [-0.15, -0.1) is 0 Å². The van der Waals surface area contributed by atoms with Crippen molar-refractivity contribution in [1.82, 2.24) is 0 Å². The molecule has 4 nitrogen and oxygen atoms in total. The monoisotopic (exact) mass is 270 g/mol. The minimum atomic E-state index is -4.31. The van der Waals surface area contributed by atoms with Gasteiger partial charge in [0.2, 0.25) is 0 Å². The predicted octanol–water partition coefficient (Wildman–Crippen LogP) is 2.23. The average molecular weight is 270 g/mol. The van der Waals surface area contributed by atoms with Crippen molar-refractivity contribution in [2.24, 2.45) is 5.92 Å². The first-order valence-electron chi connectivity index (χ1n) is 5.87. The summed E-state index contributed by atoms with van der Waals surface area (Å²) in [5, 5.41) is 8.78. The van der Waals surface area contributed by atoms with Gasteiger partial charge < -0.3 is 14.6 Å². The number of aliphatic carboxylic acids is 1. The van der Waals surface area contributed by atoms with Crippen molar-refractivity contribution < 1.29 is 32.5 Å². The lowest BCUT2D eigenvalue weighted by atomic mass is 9.87. The Morgan fingerprint density at radius 1 is 1.17 bits per heavy atom. The lowest BCUT2D eigenvalue weighted by Gasteiger charge is -2.26. The lowest BCUT2D eigenvalue weighted by molar-refractivity contribution is -0.177. The van der Waals surface area contributed by atoms with E-state index in [2.05, 4.69) is 4.74 Å². The first kappa shape index (κ1) is 15.2. The minimum absolute atomic E-state index is 0.0601. The number of carboxylic acids is 1. The van der Waals surface area contributed by atoms with E-state index in [4.69, 9.17) is 9.84 Å². The van der Waals surface area contributed by atoms with E-state index in [-0.39, 0.29) is 25.2 Å². The van der Waals surface area contributed by atoms with Crippen molar-refractivity contribution in [3.8, 4) is 0 Å². The Morgan fingerprint density at radius 2 is 1.78 bits per heavy atom. The third-order valence-electron chi connectivity index (χ3n) is 2.87. The van der Waals surface area contributed by atoms with Crippen LogP contribution in [-0.4, -0.2) is 43.2 Å². The van der Waals surface area contributed by atoms with Crippen molar-refractivity contribution >= 4 is 5.97 Å². The van der Waals surface area contributed by atoms with Crippen molar-refractivity contribution in [3.05, 3.63) is 0 Å². The molecule has 0 spiro atoms. The van der Waals surface area contributed by atoms with Gasteiger partial charge in [-0.3, -0.25) is 4.79 Å². The van der Waals surface area contributed by atoms with Crippen LogP contribution in [-0.2, 0) is 14.3 Å². The van der Waals surface area contributed by atoms with Crippen LogP contribution in [0.3, 0.4) is 0 Å². The Labute approximate surface area is 103 Å². The quantitative estimate of drug-likeness (QED) is 0.752. The largest absolute Gasteiger partial charge is 0.481 e. The normalized spacial score (nSPS) is 25.1. The fourth-order valence-electron chi connectivity index (χ4n) is 1.94. The number of ether oxygens (including phenoxy) is 2. The molecule has 7 heteroatoms. The molecule has 0 unspecified atom stereocenters. The number of carbonyl (C=O) groups is 1. The fourth-order valence-corrected chi connectivity index (χ4v) is 1.94. The average Bonchev–Trinajstić information content (AvgIpc) is 2.27. The molecule has 0 radical (unpaired) electrons. The third kappa shape index (κ3) is 6.20. The lowest BCUT2D eigenvalue weighted by Crippen LogP contribution is -2.27. The van der Waals surface area contributed by atoms with Crippen molar-refractivity contribution in [2.45, 2.75) is 38.0 Å². The Balaban J connectivity index is 2.03. The van der Waals surface area contributed by atoms with E-state index >= 15 is 0 Å². The number of hydrogen-bond donors (Lipinski definition) is 1. The van der Waals surface area contributed by atoms with E-state index in [1.165, 1.54) is 0 Å². The SMILES string of the molecule is O=C(O)C1CCC(OCCOCC(F)(F)F)CC1. The highest BCUT2D eigenvalue weighted by Gasteiger charge is 2.28. The topological polar surface area (TPSA) is 55.8 Å². The van der Waals surface area contributed by atoms with Gasteiger partial charge >= 0.3 is 12.1 Å². The number of alkyl halides is 3. The number of hydrogen-bond acceptors (Lipinski definition) is 3. The molecule has 0 saturated heterocycles. The van der Waals surface area contributed by atoms with Crippen LogP contribution in [0.15, 0.2) is 0 Å². The highest BCUT2D eigenvalue weighted by Crippen LogP contribution is 2.26. The molecule has 0 amide bonds. The van der Waals surface area contributed by atoms with Crippen LogP contribution in [0.2, 0.25) is 0 Å². The molecule has 1 rings (SSSR count). The van der Waals surface area contributed by atoms with Gasteiger partial charge in [0.25, 0.3) is 0 Å². The van der Waals surface area contributed by atoms with Crippen molar-refractivity contribution in [3.63, 3.8) is 0 Å². The summed E-state index contributed by atoms with van der Waals surface area (Å²) >= 11 is 0. The molecule has 0 bridgehead atoms. The van der Waals surface area contributed by atoms with E-state index in [0.29, 0.717) is 25.7 Å². The molecule has 1 saturated carbocycles. The summed E-state index contributed by atoms with van der Waals surface area (Å²) in [4.78, 5) is 10.7. The molecular formula is C11H17F3O4. The zero-order valence-electron chi connectivity index (χ0n) is 9.91. The van der Waals surface area contributed by atoms with Crippen LogP contribution < -0.4 is 0 Å². The van der Waals surface area contributed by atoms with E-state index in [1.54, 1.807) is 0 Å². The van der Waals surface area contributed by atoms with Crippen LogP contribution in [0.4, 0.5) is 13.2 Å². The Kier molecular flexibility index (Phi) is 5.87. The second-order valence-electron chi connectivity index (χ2n) is 4.35. The summed E-state index contributed by atoms with van der Waals surface area (Å²) in [6, 6.07) is 0. The fraction of sp³-hybridized carbons (Fsp3) is 0.909. The maximum absolute atomic E-state index is 11.7. The van der Waals surface area contributed by atoms with Gasteiger partial charge in [-0.2, -0.15) is 13.2 Å². The van der Waals surface area contributed by atoms with E-state index in [9.17, 15) is 18.0 Å². The van der Waals surface area contributed by atoms with Gasteiger partial charge in [-0.1, -0.05) is 0 Å². The standard InChI is InChI=1S/C11H17F3O4/c12-11(13,14)7-17-5-6-18-9-3-1-8(2-4-9)10(15)16/h8-9H,1-7H2,(H,15,16). The van der Waals surface area contributed by atoms with Gasteiger partial charge in [0.15, 0.2) is 0 Å². The summed E-state index contributed by atoms with van der Waals surface area (Å²) in [5.41, 5.74) is 0. The highest BCUT2D eigenvalue weighted by atomic mass is 19.4. The molecule has 0 heterocycles. The molecule has 0 aliphatic heterocycles. The van der Waals surface area contributed by atoms with Crippen molar-refractivity contribution in [1.29, 1.82) is 0 Å². The maximum atomic E-state index is 11.7. The summed E-state index contributed by atoms with van der Waals surface area (Å²) in [6.07, 6.45) is -1.98. The molecule has 0 aromatic rings. The van der Waals surface area contributed by atoms with Crippen LogP contribution >= 0.6 is 0 Å². The molecule has 1 N–H and O–H groups in total. The maximum Gasteiger partial charge on any atom is 0.411 e. The number of carboxylic acid groups (broad SMARTS) is 1. The molecule has 18 heavy (non-hydrogen) atoms. The van der Waals surface area contributed by atoms with Gasteiger partial charge in [0.05, 0.1) is 25.2 Å². The van der Waals surface area contributed by atoms with E-state index in [0.717, 1.165) is 0 Å². The zero-order valence-corrected chi connectivity index (χ0v) is 9.91. The molecule has 0 atom stereocenters. The summed E-state index contributed by atoms with van der Waals surface area (Å²) in [5.74, 6) is -1.10. The Hall–Kier alpha value is -0.820. The van der Waals surface area contributed by atoms with Crippen LogP contribution in [0.1, 0.15) is 25.7 Å². The summed E-state index contributed by atoms with van der Waals surface area (Å²) in [6.45, 7) is -1.25. The minimum Gasteiger partial charge on any atom is -0.481 e. The van der Waals surface area contributed by atoms with Crippen LogP contribution in [0.5, 0.6) is 0 Å². The second kappa shape index (κ2) is 6.94. The number of rotatable bonds is 6. The van der Waals surface area contributed by atoms with Gasteiger partial charge in [-0.25, -0.2) is 0 Å².